The fourth-order valence-corrected chi connectivity index (χ4v) is 5.39. The lowest BCUT2D eigenvalue weighted by atomic mass is 10.1. The maximum absolute atomic E-state index is 13.0. The topological polar surface area (TPSA) is 20.3 Å². The smallest absolute Gasteiger partial charge is 0.0859 e. The molecule has 0 N–H and O–H groups in total. The van der Waals surface area contributed by atoms with Gasteiger partial charge in [0.1, 0.15) is 0 Å². The lowest BCUT2D eigenvalue weighted by Gasteiger charge is -2.17. The Morgan fingerprint density at radius 2 is 1.45 bits per heavy atom. The molecule has 22 heavy (non-hydrogen) atoms. The molecule has 1 atom stereocenters. The summed E-state index contributed by atoms with van der Waals surface area (Å²) in [6.45, 7) is 3.32. The summed E-state index contributed by atoms with van der Waals surface area (Å²) >= 11 is 0. The van der Waals surface area contributed by atoms with E-state index < -0.39 is 10.8 Å². The minimum atomic E-state index is -0.856. The molecule has 0 amide bonds. The van der Waals surface area contributed by atoms with Crippen molar-refractivity contribution in [3.05, 3.63) is 59.7 Å². The van der Waals surface area contributed by atoms with Gasteiger partial charge < -0.3 is 4.90 Å². The van der Waals surface area contributed by atoms with Crippen molar-refractivity contribution in [2.45, 2.75) is 18.1 Å². The monoisotopic (exact) mass is 311 g/mol. The van der Waals surface area contributed by atoms with Crippen LogP contribution < -0.4 is 0 Å². The van der Waals surface area contributed by atoms with Crippen LogP contribution in [0.1, 0.15) is 29.2 Å². The van der Waals surface area contributed by atoms with Crippen LogP contribution >= 0.6 is 0 Å². The van der Waals surface area contributed by atoms with Gasteiger partial charge >= 0.3 is 0 Å². The molecule has 1 aliphatic carbocycles. The molecule has 1 unspecified atom stereocenters. The molecule has 1 saturated heterocycles. The maximum Gasteiger partial charge on any atom is 0.0859 e. The van der Waals surface area contributed by atoms with Crippen LogP contribution in [0.15, 0.2) is 48.5 Å². The summed E-state index contributed by atoms with van der Waals surface area (Å²) in [5.74, 6) is 0.771. The van der Waals surface area contributed by atoms with Crippen LogP contribution in [-0.2, 0) is 10.8 Å². The van der Waals surface area contributed by atoms with Crippen molar-refractivity contribution in [3.63, 3.8) is 0 Å². The van der Waals surface area contributed by atoms with Crippen LogP contribution in [0.3, 0.4) is 0 Å². The minimum absolute atomic E-state index is 0.0509. The lowest BCUT2D eigenvalue weighted by molar-refractivity contribution is 0.360. The number of fused-ring (bicyclic) bond motifs is 3. The summed E-state index contributed by atoms with van der Waals surface area (Å²) in [6, 6.07) is 16.9. The highest BCUT2D eigenvalue weighted by Gasteiger charge is 2.32. The number of hydrogen-bond donors (Lipinski definition) is 0. The van der Waals surface area contributed by atoms with E-state index >= 15 is 0 Å². The third-order valence-corrected chi connectivity index (χ3v) is 6.47. The fourth-order valence-electron chi connectivity index (χ4n) is 3.74. The van der Waals surface area contributed by atoms with E-state index in [1.807, 2.05) is 0 Å². The second-order valence-corrected chi connectivity index (χ2v) is 7.83. The SMILES string of the molecule is O=S(CCN1CCCC1)C1c2ccccc2-c2ccccc21. The summed E-state index contributed by atoms with van der Waals surface area (Å²) in [7, 11) is -0.856. The van der Waals surface area contributed by atoms with E-state index in [2.05, 4.69) is 53.4 Å². The molecule has 1 fully saturated rings. The Bertz CT molecular complexity index is 661. The third kappa shape index (κ3) is 2.42. The quantitative estimate of drug-likeness (QED) is 0.860. The van der Waals surface area contributed by atoms with Crippen molar-refractivity contribution in [3.8, 4) is 11.1 Å². The number of hydrogen-bond acceptors (Lipinski definition) is 2. The van der Waals surface area contributed by atoms with Crippen molar-refractivity contribution in [2.24, 2.45) is 0 Å². The van der Waals surface area contributed by atoms with Gasteiger partial charge in [-0.25, -0.2) is 0 Å². The van der Waals surface area contributed by atoms with E-state index in [4.69, 9.17) is 0 Å². The zero-order chi connectivity index (χ0) is 14.9. The maximum atomic E-state index is 13.0. The minimum Gasteiger partial charge on any atom is -0.302 e. The molecule has 2 aromatic carbocycles. The predicted octanol–water partition coefficient (Wildman–Crippen LogP) is 3.60. The predicted molar refractivity (Wildman–Crippen MR) is 92.4 cm³/mol. The molecule has 0 radical (unpaired) electrons. The van der Waals surface area contributed by atoms with Gasteiger partial charge in [0.2, 0.25) is 0 Å². The molecule has 3 heteroatoms. The van der Waals surface area contributed by atoms with Gasteiger partial charge in [-0.2, -0.15) is 0 Å². The zero-order valence-electron chi connectivity index (χ0n) is 12.7. The van der Waals surface area contributed by atoms with Crippen LogP contribution in [0.4, 0.5) is 0 Å². The first-order valence-corrected chi connectivity index (χ1v) is 9.50. The van der Waals surface area contributed by atoms with Crippen molar-refractivity contribution in [2.75, 3.05) is 25.4 Å². The first kappa shape index (κ1) is 14.2. The Labute approximate surface area is 134 Å². The molecule has 2 aliphatic rings. The summed E-state index contributed by atoms with van der Waals surface area (Å²) < 4.78 is 13.0. The van der Waals surface area contributed by atoms with Gasteiger partial charge in [0.25, 0.3) is 0 Å². The molecular formula is C19H21NOS. The average Bonchev–Trinajstić information content (AvgIpc) is 3.18. The molecule has 0 spiro atoms. The highest BCUT2D eigenvalue weighted by atomic mass is 32.2. The van der Waals surface area contributed by atoms with Crippen LogP contribution in [0, 0.1) is 0 Å². The van der Waals surface area contributed by atoms with Crippen molar-refractivity contribution in [1.29, 1.82) is 0 Å². The first-order chi connectivity index (χ1) is 10.8. The molecule has 1 heterocycles. The largest absolute Gasteiger partial charge is 0.302 e. The van der Waals surface area contributed by atoms with E-state index in [9.17, 15) is 4.21 Å². The van der Waals surface area contributed by atoms with Gasteiger partial charge in [-0.15, -0.1) is 0 Å². The highest BCUT2D eigenvalue weighted by Crippen LogP contribution is 2.46. The molecule has 0 saturated carbocycles. The molecule has 1 aliphatic heterocycles. The number of nitrogens with zero attached hydrogens (tertiary/aromatic N) is 1. The highest BCUT2D eigenvalue weighted by molar-refractivity contribution is 7.85. The number of benzene rings is 2. The summed E-state index contributed by atoms with van der Waals surface area (Å²) in [5.41, 5.74) is 5.00. The van der Waals surface area contributed by atoms with E-state index in [-0.39, 0.29) is 5.25 Å². The lowest BCUT2D eigenvalue weighted by Crippen LogP contribution is -2.26. The van der Waals surface area contributed by atoms with E-state index in [1.165, 1.54) is 48.2 Å². The average molecular weight is 311 g/mol. The van der Waals surface area contributed by atoms with Gasteiger partial charge in [0.05, 0.1) is 5.25 Å². The van der Waals surface area contributed by atoms with Crippen LogP contribution in [0.5, 0.6) is 0 Å². The normalized spacial score (nSPS) is 19.1. The van der Waals surface area contributed by atoms with Gasteiger partial charge in [-0.05, 0) is 48.2 Å². The molecular weight excluding hydrogens is 290 g/mol. The fraction of sp³-hybridized carbons (Fsp3) is 0.368. The van der Waals surface area contributed by atoms with Gasteiger partial charge in [0, 0.05) is 23.1 Å². The van der Waals surface area contributed by atoms with Gasteiger partial charge in [0.15, 0.2) is 0 Å². The summed E-state index contributed by atoms with van der Waals surface area (Å²) in [6.07, 6.45) is 2.59. The molecule has 0 aromatic heterocycles. The van der Waals surface area contributed by atoms with E-state index in [0.29, 0.717) is 0 Å². The van der Waals surface area contributed by atoms with Crippen molar-refractivity contribution < 1.29 is 4.21 Å². The van der Waals surface area contributed by atoms with Gasteiger partial charge in [-0.3, -0.25) is 4.21 Å². The Morgan fingerprint density at radius 3 is 2.05 bits per heavy atom. The second kappa shape index (κ2) is 5.98. The Balaban J connectivity index is 1.61. The molecule has 0 bridgehead atoms. The number of likely N-dealkylation sites (tertiary alicyclic amines) is 1. The van der Waals surface area contributed by atoms with Crippen LogP contribution in [0.2, 0.25) is 0 Å². The Morgan fingerprint density at radius 1 is 0.909 bits per heavy atom. The van der Waals surface area contributed by atoms with E-state index in [0.717, 1.165) is 12.3 Å². The number of rotatable bonds is 4. The third-order valence-electron chi connectivity index (χ3n) is 4.85. The van der Waals surface area contributed by atoms with Crippen LogP contribution in [0.25, 0.3) is 11.1 Å². The molecule has 2 aromatic rings. The molecule has 2 nitrogen and oxygen atoms in total. The standard InChI is InChI=1S/C19H21NOS/c21-22(14-13-20-11-5-6-12-20)19-17-9-3-1-7-15(17)16-8-2-4-10-18(16)19/h1-4,7-10,19H,5-6,11-14H2. The first-order valence-electron chi connectivity index (χ1n) is 8.12. The zero-order valence-corrected chi connectivity index (χ0v) is 13.5. The molecule has 4 rings (SSSR count). The summed E-state index contributed by atoms with van der Waals surface area (Å²) in [5, 5.41) is 0.0509. The van der Waals surface area contributed by atoms with E-state index in [1.54, 1.807) is 0 Å². The van der Waals surface area contributed by atoms with Crippen molar-refractivity contribution >= 4 is 10.8 Å². The Hall–Kier alpha value is -1.45. The van der Waals surface area contributed by atoms with Crippen LogP contribution in [-0.4, -0.2) is 34.5 Å². The Kier molecular flexibility index (Phi) is 3.85. The second-order valence-electron chi connectivity index (χ2n) is 6.19. The summed E-state index contributed by atoms with van der Waals surface area (Å²) in [4.78, 5) is 2.45. The van der Waals surface area contributed by atoms with Gasteiger partial charge in [-0.1, -0.05) is 48.5 Å². The molecule has 114 valence electrons. The van der Waals surface area contributed by atoms with Crippen molar-refractivity contribution in [1.82, 2.24) is 4.90 Å².